The molecule has 0 amide bonds. The second kappa shape index (κ2) is 6.89. The molecule has 0 spiro atoms. The fraction of sp³-hybridized carbons (Fsp3) is 0.500. The van der Waals surface area contributed by atoms with Crippen LogP contribution < -0.4 is 4.90 Å². The van der Waals surface area contributed by atoms with E-state index in [-0.39, 0.29) is 12.1 Å². The van der Waals surface area contributed by atoms with Gasteiger partial charge in [0, 0.05) is 5.02 Å². The first kappa shape index (κ1) is 14.3. The van der Waals surface area contributed by atoms with Crippen LogP contribution in [-0.2, 0) is 9.47 Å². The van der Waals surface area contributed by atoms with Crippen LogP contribution in [0.1, 0.15) is 17.3 Å². The van der Waals surface area contributed by atoms with Crippen LogP contribution in [0.25, 0.3) is 0 Å². The summed E-state index contributed by atoms with van der Waals surface area (Å²) in [4.78, 5) is 13.3. The van der Waals surface area contributed by atoms with E-state index >= 15 is 0 Å². The maximum Gasteiger partial charge on any atom is 0.338 e. The van der Waals surface area contributed by atoms with Gasteiger partial charge in [-0.3, -0.25) is 0 Å². The number of benzene rings is 1. The van der Waals surface area contributed by atoms with Crippen molar-refractivity contribution in [2.45, 2.75) is 13.0 Å². The maximum absolute atomic E-state index is 11.9. The average Bonchev–Trinajstić information content (AvgIpc) is 2.40. The Morgan fingerprint density at radius 2 is 2.00 bits per heavy atom. The van der Waals surface area contributed by atoms with E-state index in [1.54, 1.807) is 24.3 Å². The van der Waals surface area contributed by atoms with Crippen LogP contribution in [0.3, 0.4) is 0 Å². The molecule has 0 radical (unpaired) electrons. The van der Waals surface area contributed by atoms with Gasteiger partial charge in [-0.2, -0.15) is 0 Å². The first-order valence-corrected chi connectivity index (χ1v) is 6.91. The molecule has 5 heteroatoms. The highest BCUT2D eigenvalue weighted by Crippen LogP contribution is 2.10. The Balaban J connectivity index is 1.82. The van der Waals surface area contributed by atoms with Crippen molar-refractivity contribution in [3.05, 3.63) is 34.9 Å². The number of carbonyl (C=O) groups excluding carboxylic acids is 1. The van der Waals surface area contributed by atoms with Crippen molar-refractivity contribution in [2.24, 2.45) is 0 Å². The van der Waals surface area contributed by atoms with Gasteiger partial charge in [-0.15, -0.1) is 0 Å². The third kappa shape index (κ3) is 4.49. The highest BCUT2D eigenvalue weighted by Gasteiger charge is 2.20. The van der Waals surface area contributed by atoms with E-state index < -0.39 is 0 Å². The second-order valence-electron chi connectivity index (χ2n) is 4.79. The maximum atomic E-state index is 11.9. The van der Waals surface area contributed by atoms with Crippen LogP contribution in [0.15, 0.2) is 24.3 Å². The molecule has 1 aromatic carbocycles. The van der Waals surface area contributed by atoms with E-state index in [1.165, 1.54) is 4.90 Å². The quantitative estimate of drug-likeness (QED) is 0.832. The van der Waals surface area contributed by atoms with E-state index in [0.29, 0.717) is 10.6 Å². The smallest absolute Gasteiger partial charge is 0.338 e. The summed E-state index contributed by atoms with van der Waals surface area (Å²) in [7, 11) is 0. The predicted molar refractivity (Wildman–Crippen MR) is 72.7 cm³/mol. The lowest BCUT2D eigenvalue weighted by molar-refractivity contribution is -0.910. The van der Waals surface area contributed by atoms with Crippen LogP contribution in [0, 0.1) is 0 Å². The van der Waals surface area contributed by atoms with E-state index in [2.05, 4.69) is 0 Å². The van der Waals surface area contributed by atoms with Crippen LogP contribution in [0.2, 0.25) is 5.02 Å². The zero-order valence-corrected chi connectivity index (χ0v) is 11.8. The number of halogens is 1. The van der Waals surface area contributed by atoms with Crippen LogP contribution in [0.5, 0.6) is 0 Å². The molecule has 0 saturated carbocycles. The van der Waals surface area contributed by atoms with Gasteiger partial charge in [0.2, 0.25) is 0 Å². The summed E-state index contributed by atoms with van der Waals surface area (Å²) in [6.07, 6.45) is -0.101. The van der Waals surface area contributed by atoms with Gasteiger partial charge in [-0.25, -0.2) is 4.79 Å². The van der Waals surface area contributed by atoms with Crippen LogP contribution >= 0.6 is 11.6 Å². The molecule has 2 rings (SSSR count). The minimum atomic E-state index is -0.295. The van der Waals surface area contributed by atoms with Crippen molar-refractivity contribution in [1.82, 2.24) is 0 Å². The Hall–Kier alpha value is -1.10. The first-order chi connectivity index (χ1) is 9.15. The average molecular weight is 285 g/mol. The SMILES string of the molecule is CC(C[NH+]1CCOCC1)OC(=O)c1ccc(Cl)cc1. The lowest BCUT2D eigenvalue weighted by Gasteiger charge is -2.26. The fourth-order valence-corrected chi connectivity index (χ4v) is 2.28. The molecule has 1 aliphatic rings. The number of carbonyl (C=O) groups is 1. The number of quaternary nitrogens is 1. The highest BCUT2D eigenvalue weighted by molar-refractivity contribution is 6.30. The highest BCUT2D eigenvalue weighted by atomic mass is 35.5. The molecule has 0 aromatic heterocycles. The number of nitrogens with one attached hydrogen (secondary N) is 1. The van der Waals surface area contributed by atoms with Crippen LogP contribution in [-0.4, -0.2) is 44.9 Å². The predicted octanol–water partition coefficient (Wildman–Crippen LogP) is 0.800. The molecule has 1 aromatic rings. The number of hydrogen-bond donors (Lipinski definition) is 1. The van der Waals surface area contributed by atoms with Gasteiger partial charge in [0.1, 0.15) is 25.7 Å². The minimum absolute atomic E-state index is 0.101. The molecule has 104 valence electrons. The standard InChI is InChI=1S/C14H18ClNO3/c1-11(10-16-6-8-18-9-7-16)19-14(17)12-2-4-13(15)5-3-12/h2-5,11H,6-10H2,1H3/p+1. The van der Waals surface area contributed by atoms with E-state index in [4.69, 9.17) is 21.1 Å². The Bertz CT molecular complexity index is 415. The number of hydrogen-bond acceptors (Lipinski definition) is 3. The van der Waals surface area contributed by atoms with Crippen LogP contribution in [0.4, 0.5) is 0 Å². The van der Waals surface area contributed by atoms with E-state index in [9.17, 15) is 4.79 Å². The topological polar surface area (TPSA) is 40.0 Å². The first-order valence-electron chi connectivity index (χ1n) is 6.53. The normalized spacial score (nSPS) is 18.0. The summed E-state index contributed by atoms with van der Waals surface area (Å²) in [6.45, 7) is 6.27. The van der Waals surface area contributed by atoms with Crippen molar-refractivity contribution >= 4 is 17.6 Å². The van der Waals surface area contributed by atoms with Crippen molar-refractivity contribution in [3.63, 3.8) is 0 Å². The number of morpholine rings is 1. The Morgan fingerprint density at radius 1 is 1.37 bits per heavy atom. The van der Waals surface area contributed by atoms with Gasteiger partial charge in [0.15, 0.2) is 0 Å². The van der Waals surface area contributed by atoms with Crippen molar-refractivity contribution in [3.8, 4) is 0 Å². The minimum Gasteiger partial charge on any atom is -0.453 e. The van der Waals surface area contributed by atoms with Gasteiger partial charge in [0.25, 0.3) is 0 Å². The van der Waals surface area contributed by atoms with E-state index in [1.807, 2.05) is 6.92 Å². The Morgan fingerprint density at radius 3 is 2.63 bits per heavy atom. The zero-order valence-electron chi connectivity index (χ0n) is 11.0. The molecule has 4 nitrogen and oxygen atoms in total. The van der Waals surface area contributed by atoms with Gasteiger partial charge in [0.05, 0.1) is 18.8 Å². The Labute approximate surface area is 118 Å². The second-order valence-corrected chi connectivity index (χ2v) is 5.23. The van der Waals surface area contributed by atoms with E-state index in [0.717, 1.165) is 32.8 Å². The molecule has 0 aliphatic carbocycles. The molecule has 1 saturated heterocycles. The Kier molecular flexibility index (Phi) is 5.19. The largest absolute Gasteiger partial charge is 0.453 e. The molecule has 1 fully saturated rings. The summed E-state index contributed by atoms with van der Waals surface area (Å²) < 4.78 is 10.7. The number of rotatable bonds is 4. The summed E-state index contributed by atoms with van der Waals surface area (Å²) in [6, 6.07) is 6.74. The molecule has 19 heavy (non-hydrogen) atoms. The van der Waals surface area contributed by atoms with Gasteiger partial charge < -0.3 is 14.4 Å². The van der Waals surface area contributed by atoms with Crippen molar-refractivity contribution in [2.75, 3.05) is 32.8 Å². The molecular weight excluding hydrogens is 266 g/mol. The summed E-state index contributed by atoms with van der Waals surface area (Å²) >= 11 is 5.78. The molecule has 1 atom stereocenters. The van der Waals surface area contributed by atoms with Gasteiger partial charge in [-0.05, 0) is 31.2 Å². The molecule has 0 bridgehead atoms. The third-order valence-corrected chi connectivity index (χ3v) is 3.42. The molecule has 1 aliphatic heterocycles. The molecule has 1 heterocycles. The summed E-state index contributed by atoms with van der Waals surface area (Å²) in [5, 5.41) is 0.613. The lowest BCUT2D eigenvalue weighted by atomic mass is 10.2. The lowest BCUT2D eigenvalue weighted by Crippen LogP contribution is -3.15. The van der Waals surface area contributed by atoms with Gasteiger partial charge in [-0.1, -0.05) is 11.6 Å². The molecule has 1 N–H and O–H groups in total. The zero-order chi connectivity index (χ0) is 13.7. The third-order valence-electron chi connectivity index (χ3n) is 3.16. The summed E-state index contributed by atoms with van der Waals surface area (Å²) in [5.41, 5.74) is 0.535. The number of esters is 1. The van der Waals surface area contributed by atoms with Gasteiger partial charge >= 0.3 is 5.97 Å². The summed E-state index contributed by atoms with van der Waals surface area (Å²) in [5.74, 6) is -0.295. The van der Waals surface area contributed by atoms with Crippen molar-refractivity contribution < 1.29 is 19.2 Å². The van der Waals surface area contributed by atoms with Crippen molar-refractivity contribution in [1.29, 1.82) is 0 Å². The molecule has 1 unspecified atom stereocenters. The fourth-order valence-electron chi connectivity index (χ4n) is 2.15. The molecular formula is C14H19ClNO3+. The number of ether oxygens (including phenoxy) is 2. The monoisotopic (exact) mass is 284 g/mol.